The van der Waals surface area contributed by atoms with E-state index in [2.05, 4.69) is 59.7 Å². The highest BCUT2D eigenvalue weighted by atomic mass is 32.7. The lowest BCUT2D eigenvalue weighted by atomic mass is 10.0. The normalized spacial score (nSPS) is 37.7. The first-order valence-electron chi connectivity index (χ1n) is 12.7. The van der Waals surface area contributed by atoms with Gasteiger partial charge in [0.15, 0.2) is 17.4 Å². The number of nitrogens with two attached hydrogens (primary N) is 1. The molecule has 3 fully saturated rings. The van der Waals surface area contributed by atoms with E-state index in [0.717, 1.165) is 0 Å². The Morgan fingerprint density at radius 2 is 1.86 bits per heavy atom. The second-order valence-electron chi connectivity index (χ2n) is 9.93. The van der Waals surface area contributed by atoms with E-state index < -0.39 is 56.4 Å². The Hall–Kier alpha value is -2.12. The molecule has 3 aromatic heterocycles. The zero-order valence-corrected chi connectivity index (χ0v) is 25.1. The fraction of sp³-hybridized carbons (Fsp3) is 0.600. The molecule has 3 aromatic rings. The van der Waals surface area contributed by atoms with E-state index in [9.17, 15) is 19.0 Å². The van der Waals surface area contributed by atoms with Crippen LogP contribution < -0.4 is 16.6 Å². The fourth-order valence-electron chi connectivity index (χ4n) is 5.33. The Morgan fingerprint density at radius 1 is 1.10 bits per heavy atom. The van der Waals surface area contributed by atoms with Crippen molar-refractivity contribution in [3.05, 3.63) is 29.3 Å². The molecular weight excluding hydrogens is 636 g/mol. The number of nitrogen functional groups attached to an aromatic ring is 1. The number of aromatic nitrogens is 7. The summed E-state index contributed by atoms with van der Waals surface area (Å²) in [4.78, 5) is 34.7. The van der Waals surface area contributed by atoms with Crippen molar-refractivity contribution < 1.29 is 37.1 Å². The third kappa shape index (κ3) is 6.38. The van der Waals surface area contributed by atoms with Gasteiger partial charge in [-0.25, -0.2) is 29.1 Å². The average Bonchev–Trinajstić information content (AvgIpc) is 3.59. The van der Waals surface area contributed by atoms with Crippen LogP contribution in [0.5, 0.6) is 0 Å². The van der Waals surface area contributed by atoms with E-state index in [-0.39, 0.29) is 35.7 Å². The molecule has 5 N–H and O–H groups in total. The molecule has 2 bridgehead atoms. The molecule has 1 saturated carbocycles. The molecule has 0 amide bonds. The Bertz CT molecular complexity index is 1600. The summed E-state index contributed by atoms with van der Waals surface area (Å²) in [5.74, 6) is -0.0147. The monoisotopic (exact) mass is 663 g/mol. The first-order chi connectivity index (χ1) is 20.0. The maximum absolute atomic E-state index is 13.3. The van der Waals surface area contributed by atoms with Crippen LogP contribution >= 0.6 is 38.1 Å². The van der Waals surface area contributed by atoms with Gasteiger partial charge in [0.2, 0.25) is 11.9 Å². The van der Waals surface area contributed by atoms with Crippen LogP contribution in [0, 0.1) is 5.92 Å². The van der Waals surface area contributed by atoms with Crippen LogP contribution in [-0.2, 0) is 32.0 Å². The summed E-state index contributed by atoms with van der Waals surface area (Å²) in [7, 11) is 0. The van der Waals surface area contributed by atoms with Gasteiger partial charge < -0.3 is 25.4 Å². The average molecular weight is 664 g/mol. The van der Waals surface area contributed by atoms with Crippen LogP contribution in [0.1, 0.15) is 25.5 Å². The number of rotatable bonds is 3. The van der Waals surface area contributed by atoms with Crippen molar-refractivity contribution in [1.82, 2.24) is 34.5 Å². The number of anilines is 2. The highest BCUT2D eigenvalue weighted by molar-refractivity contribution is 8.44. The fourth-order valence-corrected chi connectivity index (χ4v) is 8.39. The number of nitrogens with zero attached hydrogens (tertiary/aromatic N) is 6. The van der Waals surface area contributed by atoms with Crippen molar-refractivity contribution in [3.8, 4) is 0 Å². The van der Waals surface area contributed by atoms with Gasteiger partial charge in [0, 0.05) is 6.04 Å². The number of aliphatic hydroxyl groups is 1. The van der Waals surface area contributed by atoms with Crippen LogP contribution in [0.15, 0.2) is 23.8 Å². The summed E-state index contributed by atoms with van der Waals surface area (Å²) >= 11 is 8.29. The SMILES string of the molecule is Nc1nc2c(ncn2[C@@H]2O[C@@H]3COP(=O)(S)O[C@H]4C[C@H](Nc5ncncn5)C[C@@H]4CCOP(=O)(S)O[C@@H]2[C@@H]3O)c(=O)[nH]1. The van der Waals surface area contributed by atoms with E-state index in [1.807, 2.05) is 0 Å². The van der Waals surface area contributed by atoms with Crippen molar-refractivity contribution in [3.63, 3.8) is 0 Å². The Balaban J connectivity index is 1.25. The topological polar surface area (TPSA) is 241 Å². The molecule has 5 heterocycles. The minimum atomic E-state index is -4.08. The van der Waals surface area contributed by atoms with Gasteiger partial charge in [-0.1, -0.05) is 24.5 Å². The van der Waals surface area contributed by atoms with Gasteiger partial charge in [-0.2, -0.15) is 4.98 Å². The molecule has 3 aliphatic rings. The van der Waals surface area contributed by atoms with E-state index in [1.165, 1.54) is 23.5 Å². The molecule has 0 aromatic carbocycles. The number of ether oxygens (including phenoxy) is 1. The molecular formula is C20H27N9O9P2S2. The molecule has 18 nitrogen and oxygen atoms in total. The predicted molar refractivity (Wildman–Crippen MR) is 152 cm³/mol. The summed E-state index contributed by atoms with van der Waals surface area (Å²) in [6.07, 6.45) is -0.579. The smallest absolute Gasteiger partial charge is 0.386 e. The summed E-state index contributed by atoms with van der Waals surface area (Å²) in [5.41, 5.74) is 5.07. The number of hydrogen-bond donors (Lipinski definition) is 6. The number of aromatic amines is 1. The standard InChI is InChI=1S/C20H27N9O9P2S2/c21-19-27-16-13(17(31)28-19)25-8-29(16)18-15-14(30)12(36-18)5-35-40(33,42)37-11-4-10(26-20-23-6-22-7-24-20)3-9(11)1-2-34-39(32,41)38-15/h6-12,14-15,18,30H,1-5H2,(H,32,41)(H,33,42)(H3,21,27,28,31)(H,22,23,24,26)/t9-,10+,11-,12+,14+,15+,18+,39?,40?/m0/s1. The summed E-state index contributed by atoms with van der Waals surface area (Å²) < 4.78 is 56.6. The second kappa shape index (κ2) is 11.8. The number of thiol groups is 2. The molecule has 228 valence electrons. The molecule has 9 atom stereocenters. The number of nitrogens with one attached hydrogen (secondary N) is 2. The quantitative estimate of drug-likeness (QED) is 0.171. The van der Waals surface area contributed by atoms with Gasteiger partial charge >= 0.3 is 13.6 Å². The number of hydrogen-bond acceptors (Lipinski definition) is 16. The van der Waals surface area contributed by atoms with Crippen LogP contribution in [-0.4, -0.2) is 83.2 Å². The minimum absolute atomic E-state index is 0.0211. The Morgan fingerprint density at radius 3 is 2.64 bits per heavy atom. The zero-order valence-electron chi connectivity index (χ0n) is 21.6. The van der Waals surface area contributed by atoms with Crippen molar-refractivity contribution in [1.29, 1.82) is 0 Å². The molecule has 0 radical (unpaired) electrons. The maximum Gasteiger partial charge on any atom is 0.386 e. The third-order valence-electron chi connectivity index (χ3n) is 7.16. The van der Waals surface area contributed by atoms with Gasteiger partial charge in [0.25, 0.3) is 5.56 Å². The van der Waals surface area contributed by atoms with Gasteiger partial charge in [-0.3, -0.25) is 27.9 Å². The van der Waals surface area contributed by atoms with Crippen LogP contribution in [0.2, 0.25) is 0 Å². The number of fused-ring (bicyclic) bond motifs is 4. The van der Waals surface area contributed by atoms with E-state index in [4.69, 9.17) is 28.6 Å². The van der Waals surface area contributed by atoms with E-state index >= 15 is 0 Å². The van der Waals surface area contributed by atoms with E-state index in [1.54, 1.807) is 0 Å². The van der Waals surface area contributed by atoms with Crippen molar-refractivity contribution >= 4 is 61.2 Å². The summed E-state index contributed by atoms with van der Waals surface area (Å²) in [6.45, 7) is -8.56. The lowest BCUT2D eigenvalue weighted by Gasteiger charge is -2.26. The highest BCUT2D eigenvalue weighted by Crippen LogP contribution is 2.59. The highest BCUT2D eigenvalue weighted by Gasteiger charge is 2.50. The largest absolute Gasteiger partial charge is 0.387 e. The second-order valence-corrected chi connectivity index (χ2v) is 15.7. The molecule has 0 spiro atoms. The maximum atomic E-state index is 13.3. The van der Waals surface area contributed by atoms with Crippen LogP contribution in [0.25, 0.3) is 11.2 Å². The van der Waals surface area contributed by atoms with Crippen molar-refractivity contribution in [2.24, 2.45) is 5.92 Å². The Kier molecular flexibility index (Phi) is 8.38. The minimum Gasteiger partial charge on any atom is -0.387 e. The number of imidazole rings is 1. The molecule has 6 rings (SSSR count). The van der Waals surface area contributed by atoms with Gasteiger partial charge in [-0.15, -0.1) is 0 Å². The van der Waals surface area contributed by atoms with Gasteiger partial charge in [-0.05, 0) is 25.2 Å². The molecule has 1 aliphatic carbocycles. The summed E-state index contributed by atoms with van der Waals surface area (Å²) in [6, 6.07) is -0.146. The molecule has 2 saturated heterocycles. The molecule has 2 unspecified atom stereocenters. The number of aliphatic hydroxyl groups excluding tert-OH is 1. The Labute approximate surface area is 247 Å². The number of H-pyrrole nitrogens is 1. The molecule has 42 heavy (non-hydrogen) atoms. The zero-order chi connectivity index (χ0) is 29.6. The molecule has 2 aliphatic heterocycles. The first-order valence-corrected chi connectivity index (χ1v) is 18.1. The van der Waals surface area contributed by atoms with Gasteiger partial charge in [0.1, 0.15) is 31.0 Å². The van der Waals surface area contributed by atoms with Crippen molar-refractivity contribution in [2.75, 3.05) is 24.3 Å². The lowest BCUT2D eigenvalue weighted by molar-refractivity contribution is -0.0467. The first kappa shape index (κ1) is 29.9. The lowest BCUT2D eigenvalue weighted by Crippen LogP contribution is -2.35. The van der Waals surface area contributed by atoms with Gasteiger partial charge in [0.05, 0.1) is 25.6 Å². The third-order valence-corrected chi connectivity index (χ3v) is 10.5. The predicted octanol–water partition coefficient (Wildman–Crippen LogP) is 1.32. The van der Waals surface area contributed by atoms with Crippen LogP contribution in [0.3, 0.4) is 0 Å². The van der Waals surface area contributed by atoms with Crippen LogP contribution in [0.4, 0.5) is 11.9 Å². The summed E-state index contributed by atoms with van der Waals surface area (Å²) in [5, 5.41) is 14.3. The van der Waals surface area contributed by atoms with E-state index in [0.29, 0.717) is 25.2 Å². The van der Waals surface area contributed by atoms with Crippen molar-refractivity contribution in [2.45, 2.75) is 55.9 Å². The molecule has 22 heteroatoms.